The maximum Gasteiger partial charge on any atom is 0.251 e. The van der Waals surface area contributed by atoms with E-state index in [4.69, 9.17) is 0 Å². The van der Waals surface area contributed by atoms with E-state index in [0.717, 1.165) is 51.9 Å². The van der Waals surface area contributed by atoms with E-state index in [1.54, 1.807) is 12.1 Å². The number of hydrogen-bond donors (Lipinski definition) is 1. The Labute approximate surface area is 173 Å². The molecule has 0 radical (unpaired) electrons. The number of piperazine rings is 1. The predicted octanol–water partition coefficient (Wildman–Crippen LogP) is 2.03. The van der Waals surface area contributed by atoms with Crippen LogP contribution >= 0.6 is 0 Å². The minimum absolute atomic E-state index is 0.165. The van der Waals surface area contributed by atoms with Gasteiger partial charge in [0.1, 0.15) is 0 Å². The van der Waals surface area contributed by atoms with Crippen molar-refractivity contribution in [3.63, 3.8) is 0 Å². The van der Waals surface area contributed by atoms with Crippen LogP contribution in [0.15, 0.2) is 59.5 Å². The zero-order valence-corrected chi connectivity index (χ0v) is 17.7. The Balaban J connectivity index is 1.35. The third-order valence-electron chi connectivity index (χ3n) is 5.17. The second-order valence-electron chi connectivity index (χ2n) is 7.51. The zero-order chi connectivity index (χ0) is 20.7. The van der Waals surface area contributed by atoms with Gasteiger partial charge in [-0.15, -0.1) is 0 Å². The summed E-state index contributed by atoms with van der Waals surface area (Å²) in [6, 6.07) is 16.7. The van der Waals surface area contributed by atoms with Crippen molar-refractivity contribution in [2.24, 2.45) is 0 Å². The van der Waals surface area contributed by atoms with E-state index in [1.165, 1.54) is 17.7 Å². The largest absolute Gasteiger partial charge is 0.352 e. The predicted molar refractivity (Wildman–Crippen MR) is 115 cm³/mol. The average Bonchev–Trinajstić information content (AvgIpc) is 2.72. The topological polar surface area (TPSA) is 69.7 Å². The SMILES string of the molecule is CS(=O)(=O)c1cccc(C(=O)NCCCN2CCN(Cc3ccccc3)CC2)c1. The molecule has 0 unspecified atom stereocenters. The van der Waals surface area contributed by atoms with Crippen LogP contribution in [0.25, 0.3) is 0 Å². The van der Waals surface area contributed by atoms with Gasteiger partial charge in [0.25, 0.3) is 5.91 Å². The fourth-order valence-corrected chi connectivity index (χ4v) is 4.15. The van der Waals surface area contributed by atoms with Gasteiger partial charge in [0.15, 0.2) is 9.84 Å². The summed E-state index contributed by atoms with van der Waals surface area (Å²) >= 11 is 0. The molecule has 29 heavy (non-hydrogen) atoms. The second kappa shape index (κ2) is 10.0. The summed E-state index contributed by atoms with van der Waals surface area (Å²) in [5.41, 5.74) is 1.73. The molecule has 1 heterocycles. The van der Waals surface area contributed by atoms with Crippen LogP contribution in [0.1, 0.15) is 22.3 Å². The highest BCUT2D eigenvalue weighted by atomic mass is 32.2. The normalized spacial score (nSPS) is 15.9. The molecular weight excluding hydrogens is 386 g/mol. The van der Waals surface area contributed by atoms with Crippen LogP contribution in [0.4, 0.5) is 0 Å². The highest BCUT2D eigenvalue weighted by Crippen LogP contribution is 2.11. The minimum Gasteiger partial charge on any atom is -0.352 e. The molecule has 3 rings (SSSR count). The Morgan fingerprint density at radius 2 is 1.66 bits per heavy atom. The van der Waals surface area contributed by atoms with Gasteiger partial charge in [0.2, 0.25) is 0 Å². The summed E-state index contributed by atoms with van der Waals surface area (Å²) < 4.78 is 23.3. The molecule has 1 fully saturated rings. The van der Waals surface area contributed by atoms with Gasteiger partial charge in [0.05, 0.1) is 4.90 Å². The van der Waals surface area contributed by atoms with Gasteiger partial charge in [-0.3, -0.25) is 9.69 Å². The maximum absolute atomic E-state index is 12.3. The molecule has 1 aliphatic rings. The van der Waals surface area contributed by atoms with Crippen LogP contribution in [0.2, 0.25) is 0 Å². The smallest absolute Gasteiger partial charge is 0.251 e. The molecule has 2 aromatic rings. The van der Waals surface area contributed by atoms with Crippen LogP contribution in [-0.2, 0) is 16.4 Å². The molecule has 7 heteroatoms. The first-order valence-electron chi connectivity index (χ1n) is 9.99. The van der Waals surface area contributed by atoms with Crippen LogP contribution in [0.5, 0.6) is 0 Å². The average molecular weight is 416 g/mol. The van der Waals surface area contributed by atoms with Gasteiger partial charge >= 0.3 is 0 Å². The van der Waals surface area contributed by atoms with E-state index in [1.807, 2.05) is 6.07 Å². The lowest BCUT2D eigenvalue weighted by atomic mass is 10.2. The van der Waals surface area contributed by atoms with Crippen molar-refractivity contribution in [2.75, 3.05) is 45.5 Å². The standard InChI is InChI=1S/C22H29N3O3S/c1-29(27,28)21-10-5-9-20(17-21)22(26)23-11-6-12-24-13-15-25(16-14-24)18-19-7-3-2-4-8-19/h2-5,7-10,17H,6,11-16,18H2,1H3,(H,23,26). The summed E-state index contributed by atoms with van der Waals surface area (Å²) in [4.78, 5) is 17.3. The van der Waals surface area contributed by atoms with Gasteiger partial charge in [-0.05, 0) is 36.7 Å². The molecule has 2 aromatic carbocycles. The first-order chi connectivity index (χ1) is 13.9. The number of carbonyl (C=O) groups is 1. The van der Waals surface area contributed by atoms with Crippen LogP contribution in [-0.4, -0.2) is 69.6 Å². The molecule has 6 nitrogen and oxygen atoms in total. The van der Waals surface area contributed by atoms with Crippen molar-refractivity contribution in [1.82, 2.24) is 15.1 Å². The number of sulfone groups is 1. The summed E-state index contributed by atoms with van der Waals surface area (Å²) in [6.45, 7) is 6.71. The quantitative estimate of drug-likeness (QED) is 0.668. The van der Waals surface area contributed by atoms with E-state index in [0.29, 0.717) is 12.1 Å². The van der Waals surface area contributed by atoms with E-state index in [9.17, 15) is 13.2 Å². The van der Waals surface area contributed by atoms with Crippen LogP contribution < -0.4 is 5.32 Å². The van der Waals surface area contributed by atoms with Crippen molar-refractivity contribution < 1.29 is 13.2 Å². The number of benzene rings is 2. The molecule has 0 aliphatic carbocycles. The number of amides is 1. The van der Waals surface area contributed by atoms with Crippen molar-refractivity contribution in [1.29, 1.82) is 0 Å². The summed E-state index contributed by atoms with van der Waals surface area (Å²) in [6.07, 6.45) is 2.01. The minimum atomic E-state index is -3.31. The van der Waals surface area contributed by atoms with Gasteiger partial charge in [-0.1, -0.05) is 36.4 Å². The molecule has 0 atom stereocenters. The van der Waals surface area contributed by atoms with Crippen LogP contribution in [0, 0.1) is 0 Å². The summed E-state index contributed by atoms with van der Waals surface area (Å²) in [5.74, 6) is -0.233. The molecule has 0 spiro atoms. The molecular formula is C22H29N3O3S. The highest BCUT2D eigenvalue weighted by Gasteiger charge is 2.17. The summed E-state index contributed by atoms with van der Waals surface area (Å²) in [7, 11) is -3.31. The monoisotopic (exact) mass is 415 g/mol. The Kier molecular flexibility index (Phi) is 7.41. The fraction of sp³-hybridized carbons (Fsp3) is 0.409. The third kappa shape index (κ3) is 6.66. The summed E-state index contributed by atoms with van der Waals surface area (Å²) in [5, 5.41) is 2.89. The fourth-order valence-electron chi connectivity index (χ4n) is 3.49. The first kappa shape index (κ1) is 21.5. The zero-order valence-electron chi connectivity index (χ0n) is 16.9. The molecule has 0 aromatic heterocycles. The number of carbonyl (C=O) groups excluding carboxylic acids is 1. The van der Waals surface area contributed by atoms with Gasteiger partial charge in [0, 0.05) is 51.1 Å². The number of hydrogen-bond acceptors (Lipinski definition) is 5. The molecule has 1 aliphatic heterocycles. The van der Waals surface area contributed by atoms with Gasteiger partial charge in [-0.25, -0.2) is 8.42 Å². The first-order valence-corrected chi connectivity index (χ1v) is 11.9. The molecule has 1 saturated heterocycles. The lowest BCUT2D eigenvalue weighted by Gasteiger charge is -2.34. The lowest BCUT2D eigenvalue weighted by molar-refractivity contribution is 0.0947. The van der Waals surface area contributed by atoms with E-state index < -0.39 is 9.84 Å². The van der Waals surface area contributed by atoms with Gasteiger partial charge in [-0.2, -0.15) is 0 Å². The van der Waals surface area contributed by atoms with Gasteiger partial charge < -0.3 is 10.2 Å². The second-order valence-corrected chi connectivity index (χ2v) is 9.53. The van der Waals surface area contributed by atoms with Crippen molar-refractivity contribution in [3.05, 3.63) is 65.7 Å². The Morgan fingerprint density at radius 3 is 2.34 bits per heavy atom. The van der Waals surface area contributed by atoms with E-state index >= 15 is 0 Å². The highest BCUT2D eigenvalue weighted by molar-refractivity contribution is 7.90. The van der Waals surface area contributed by atoms with Crippen molar-refractivity contribution in [2.45, 2.75) is 17.9 Å². The van der Waals surface area contributed by atoms with E-state index in [-0.39, 0.29) is 10.8 Å². The van der Waals surface area contributed by atoms with Crippen molar-refractivity contribution in [3.8, 4) is 0 Å². The molecule has 0 saturated carbocycles. The lowest BCUT2D eigenvalue weighted by Crippen LogP contribution is -2.46. The molecule has 1 N–H and O–H groups in total. The maximum atomic E-state index is 12.3. The number of nitrogens with zero attached hydrogens (tertiary/aromatic N) is 2. The molecule has 156 valence electrons. The van der Waals surface area contributed by atoms with Crippen molar-refractivity contribution >= 4 is 15.7 Å². The molecule has 1 amide bonds. The Hall–Kier alpha value is -2.22. The number of nitrogens with one attached hydrogen (secondary N) is 1. The Bertz CT molecular complexity index is 908. The third-order valence-corrected chi connectivity index (χ3v) is 6.29. The molecule has 0 bridgehead atoms. The Morgan fingerprint density at radius 1 is 0.966 bits per heavy atom. The van der Waals surface area contributed by atoms with Crippen LogP contribution in [0.3, 0.4) is 0 Å². The number of rotatable bonds is 8. The van der Waals surface area contributed by atoms with E-state index in [2.05, 4.69) is 39.4 Å².